The van der Waals surface area contributed by atoms with E-state index >= 15 is 0 Å². The summed E-state index contributed by atoms with van der Waals surface area (Å²) in [6.07, 6.45) is 2.73. The number of hydrogen-bond donors (Lipinski definition) is 2. The number of carbonyl (C=O) groups excluding carboxylic acids is 3. The molecule has 4 heterocycles. The van der Waals surface area contributed by atoms with E-state index < -0.39 is 12.0 Å². The fourth-order valence-electron chi connectivity index (χ4n) is 5.83. The van der Waals surface area contributed by atoms with Crippen LogP contribution in [0.5, 0.6) is 0 Å². The number of amides is 3. The number of hydrogen-bond acceptors (Lipinski definition) is 7. The van der Waals surface area contributed by atoms with Gasteiger partial charge in [0.05, 0.1) is 6.54 Å². The molecule has 4 aliphatic heterocycles. The van der Waals surface area contributed by atoms with Crippen molar-refractivity contribution in [2.24, 2.45) is 5.92 Å². The molecule has 1 atom stereocenters. The van der Waals surface area contributed by atoms with Crippen molar-refractivity contribution in [1.29, 1.82) is 0 Å². The van der Waals surface area contributed by atoms with Crippen LogP contribution >= 0.6 is 0 Å². The number of piperazine rings is 1. The summed E-state index contributed by atoms with van der Waals surface area (Å²) in [6, 6.07) is 5.36. The highest BCUT2D eigenvalue weighted by atomic mass is 16.4. The van der Waals surface area contributed by atoms with Crippen molar-refractivity contribution in [3.05, 3.63) is 29.3 Å². The molecule has 10 nitrogen and oxygen atoms in total. The molecule has 4 aliphatic rings. The van der Waals surface area contributed by atoms with Gasteiger partial charge in [0, 0.05) is 56.9 Å². The summed E-state index contributed by atoms with van der Waals surface area (Å²) >= 11 is 0. The zero-order chi connectivity index (χ0) is 24.5. The second kappa shape index (κ2) is 9.94. The number of carbonyl (C=O) groups is 4. The zero-order valence-electron chi connectivity index (χ0n) is 19.9. The van der Waals surface area contributed by atoms with E-state index in [1.165, 1.54) is 0 Å². The minimum Gasteiger partial charge on any atom is -0.480 e. The number of imide groups is 1. The number of fused-ring (bicyclic) bond motifs is 1. The van der Waals surface area contributed by atoms with Gasteiger partial charge in [0.15, 0.2) is 0 Å². The lowest BCUT2D eigenvalue weighted by atomic mass is 9.96. The van der Waals surface area contributed by atoms with Gasteiger partial charge in [-0.25, -0.2) is 0 Å². The molecule has 0 aliphatic carbocycles. The van der Waals surface area contributed by atoms with Gasteiger partial charge in [-0.3, -0.25) is 34.3 Å². The average molecular weight is 484 g/mol. The SMILES string of the molecule is O=C(O)CN1CCC(CN2CCN(c3ccc4c(c3)CN(C3CCC(=O)NC3=O)C4=O)CC2)CC1. The molecule has 1 aromatic carbocycles. The lowest BCUT2D eigenvalue weighted by Crippen LogP contribution is -2.52. The van der Waals surface area contributed by atoms with E-state index in [1.807, 2.05) is 17.0 Å². The van der Waals surface area contributed by atoms with Gasteiger partial charge in [0.2, 0.25) is 11.8 Å². The summed E-state index contributed by atoms with van der Waals surface area (Å²) in [7, 11) is 0. The smallest absolute Gasteiger partial charge is 0.317 e. The van der Waals surface area contributed by atoms with Gasteiger partial charge in [-0.2, -0.15) is 0 Å². The van der Waals surface area contributed by atoms with Crippen LogP contribution in [0.1, 0.15) is 41.6 Å². The number of aliphatic carboxylic acids is 1. The number of carboxylic acids is 1. The Morgan fingerprint density at radius 3 is 2.40 bits per heavy atom. The first kappa shape index (κ1) is 23.7. The Morgan fingerprint density at radius 2 is 1.71 bits per heavy atom. The molecule has 1 aromatic rings. The maximum atomic E-state index is 12.9. The Bertz CT molecular complexity index is 1010. The Labute approximate surface area is 204 Å². The predicted octanol–water partition coefficient (Wildman–Crippen LogP) is 0.366. The van der Waals surface area contributed by atoms with Crippen LogP contribution in [0, 0.1) is 5.92 Å². The fourth-order valence-corrected chi connectivity index (χ4v) is 5.83. The molecule has 3 saturated heterocycles. The highest BCUT2D eigenvalue weighted by molar-refractivity contribution is 6.05. The van der Waals surface area contributed by atoms with E-state index in [1.54, 1.807) is 4.90 Å². The quantitative estimate of drug-likeness (QED) is 0.558. The van der Waals surface area contributed by atoms with E-state index in [-0.39, 0.29) is 30.7 Å². The van der Waals surface area contributed by atoms with Crippen molar-refractivity contribution in [3.8, 4) is 0 Å². The molecule has 0 spiro atoms. The molecule has 0 aromatic heterocycles. The van der Waals surface area contributed by atoms with Crippen molar-refractivity contribution in [3.63, 3.8) is 0 Å². The summed E-state index contributed by atoms with van der Waals surface area (Å²) < 4.78 is 0. The van der Waals surface area contributed by atoms with Gasteiger partial charge in [-0.1, -0.05) is 0 Å². The van der Waals surface area contributed by atoms with E-state index in [0.717, 1.165) is 69.9 Å². The third-order valence-electron chi connectivity index (χ3n) is 7.83. The number of likely N-dealkylation sites (tertiary alicyclic amines) is 1. The Balaban J connectivity index is 1.13. The third kappa shape index (κ3) is 5.18. The van der Waals surface area contributed by atoms with Crippen LogP contribution in [0.4, 0.5) is 5.69 Å². The molecule has 0 bridgehead atoms. The van der Waals surface area contributed by atoms with Crippen molar-refractivity contribution >= 4 is 29.4 Å². The van der Waals surface area contributed by atoms with Crippen LogP contribution in [0.3, 0.4) is 0 Å². The van der Waals surface area contributed by atoms with E-state index in [0.29, 0.717) is 24.4 Å². The van der Waals surface area contributed by atoms with Gasteiger partial charge >= 0.3 is 5.97 Å². The number of nitrogens with zero attached hydrogens (tertiary/aromatic N) is 4. The zero-order valence-corrected chi connectivity index (χ0v) is 19.9. The molecule has 3 amide bonds. The molecule has 10 heteroatoms. The van der Waals surface area contributed by atoms with Crippen LogP contribution in [-0.2, 0) is 20.9 Å². The predicted molar refractivity (Wildman–Crippen MR) is 128 cm³/mol. The molecule has 0 saturated carbocycles. The van der Waals surface area contributed by atoms with Crippen LogP contribution in [0.2, 0.25) is 0 Å². The standard InChI is InChI=1S/C25H33N5O5/c31-22-4-3-21(24(34)26-22)30-15-18-13-19(1-2-20(18)25(30)35)29-11-9-28(10-12-29)14-17-5-7-27(8-6-17)16-23(32)33/h1-2,13,17,21H,3-12,14-16H2,(H,32,33)(H,26,31,34). The van der Waals surface area contributed by atoms with Crippen LogP contribution in [-0.4, -0.2) is 102 Å². The van der Waals surface area contributed by atoms with Crippen LogP contribution < -0.4 is 10.2 Å². The number of benzene rings is 1. The minimum absolute atomic E-state index is 0.139. The minimum atomic E-state index is -0.751. The second-order valence-corrected chi connectivity index (χ2v) is 10.1. The first-order valence-corrected chi connectivity index (χ1v) is 12.6. The average Bonchev–Trinajstić information content (AvgIpc) is 3.16. The first-order chi connectivity index (χ1) is 16.9. The van der Waals surface area contributed by atoms with Crippen LogP contribution in [0.15, 0.2) is 18.2 Å². The number of rotatable bonds is 6. The maximum Gasteiger partial charge on any atom is 0.317 e. The van der Waals surface area contributed by atoms with E-state index in [4.69, 9.17) is 5.11 Å². The molecular formula is C25H33N5O5. The summed E-state index contributed by atoms with van der Waals surface area (Å²) in [6.45, 7) is 7.12. The summed E-state index contributed by atoms with van der Waals surface area (Å²) in [5.74, 6) is -0.929. The normalized spacial score (nSPS) is 24.6. The number of nitrogens with one attached hydrogen (secondary N) is 1. The van der Waals surface area contributed by atoms with Gasteiger partial charge in [-0.15, -0.1) is 0 Å². The Morgan fingerprint density at radius 1 is 0.971 bits per heavy atom. The van der Waals surface area contributed by atoms with Gasteiger partial charge in [0.25, 0.3) is 5.91 Å². The molecule has 188 valence electrons. The molecule has 2 N–H and O–H groups in total. The molecule has 3 fully saturated rings. The monoisotopic (exact) mass is 483 g/mol. The van der Waals surface area contributed by atoms with Gasteiger partial charge in [-0.05, 0) is 62.0 Å². The van der Waals surface area contributed by atoms with E-state index in [9.17, 15) is 19.2 Å². The second-order valence-electron chi connectivity index (χ2n) is 10.1. The van der Waals surface area contributed by atoms with Crippen molar-refractivity contribution in [2.45, 2.75) is 38.3 Å². The van der Waals surface area contributed by atoms with Gasteiger partial charge in [0.1, 0.15) is 6.04 Å². The van der Waals surface area contributed by atoms with Crippen molar-refractivity contribution in [1.82, 2.24) is 20.0 Å². The lowest BCUT2D eigenvalue weighted by Gasteiger charge is -2.39. The third-order valence-corrected chi connectivity index (χ3v) is 7.83. The lowest BCUT2D eigenvalue weighted by molar-refractivity contribution is -0.139. The first-order valence-electron chi connectivity index (χ1n) is 12.6. The highest BCUT2D eigenvalue weighted by Crippen LogP contribution is 2.31. The molecular weight excluding hydrogens is 450 g/mol. The number of carboxylic acid groups (broad SMARTS) is 1. The summed E-state index contributed by atoms with van der Waals surface area (Å²) in [5.41, 5.74) is 2.68. The largest absolute Gasteiger partial charge is 0.480 e. The molecule has 5 rings (SSSR count). The Kier molecular flexibility index (Phi) is 6.75. The molecule has 1 unspecified atom stereocenters. The molecule has 35 heavy (non-hydrogen) atoms. The summed E-state index contributed by atoms with van der Waals surface area (Å²) in [5, 5.41) is 11.3. The number of anilines is 1. The topological polar surface area (TPSA) is 114 Å². The maximum absolute atomic E-state index is 12.9. The highest BCUT2D eigenvalue weighted by Gasteiger charge is 2.39. The van der Waals surface area contributed by atoms with E-state index in [2.05, 4.69) is 21.2 Å². The Hall–Kier alpha value is -2.98. The summed E-state index contributed by atoms with van der Waals surface area (Å²) in [4.78, 5) is 56.0. The fraction of sp³-hybridized carbons (Fsp3) is 0.600. The van der Waals surface area contributed by atoms with Crippen molar-refractivity contribution < 1.29 is 24.3 Å². The van der Waals surface area contributed by atoms with Gasteiger partial charge < -0.3 is 14.9 Å². The molecule has 0 radical (unpaired) electrons. The number of piperidine rings is 2. The van der Waals surface area contributed by atoms with Crippen molar-refractivity contribution in [2.75, 3.05) is 57.3 Å². The van der Waals surface area contributed by atoms with Crippen LogP contribution in [0.25, 0.3) is 0 Å².